The van der Waals surface area contributed by atoms with Crippen LogP contribution in [0, 0.1) is 11.2 Å². The predicted octanol–water partition coefficient (Wildman–Crippen LogP) is 2.05. The number of hydrogen-bond donors (Lipinski definition) is 2. The summed E-state index contributed by atoms with van der Waals surface area (Å²) >= 11 is 5.80. The predicted molar refractivity (Wildman–Crippen MR) is 106 cm³/mol. The van der Waals surface area contributed by atoms with Crippen LogP contribution in [-0.2, 0) is 33.4 Å². The molecule has 0 aliphatic carbocycles. The molecule has 0 saturated heterocycles. The Labute approximate surface area is 187 Å². The first-order valence-electron chi connectivity index (χ1n) is 9.00. The van der Waals surface area contributed by atoms with Gasteiger partial charge in [-0.25, -0.2) is 14.2 Å². The summed E-state index contributed by atoms with van der Waals surface area (Å²) in [5.41, 5.74) is -2.58. The van der Waals surface area contributed by atoms with Gasteiger partial charge < -0.3 is 24.4 Å². The average Bonchev–Trinajstić information content (AvgIpc) is 2.70. The van der Waals surface area contributed by atoms with Crippen molar-refractivity contribution in [3.8, 4) is 0 Å². The molecule has 2 N–H and O–H groups in total. The van der Waals surface area contributed by atoms with Gasteiger partial charge in [-0.05, 0) is 33.8 Å². The van der Waals surface area contributed by atoms with Gasteiger partial charge in [0.1, 0.15) is 16.7 Å². The van der Waals surface area contributed by atoms with Gasteiger partial charge in [-0.2, -0.15) is 0 Å². The summed E-state index contributed by atoms with van der Waals surface area (Å²) < 4.78 is 28.1. The number of esters is 3. The molecule has 1 rings (SSSR count). The van der Waals surface area contributed by atoms with Gasteiger partial charge in [0.2, 0.25) is 0 Å². The standard InChI is InChI=1S/C14H15ClFNO6.C5H8O4/c1-4-22-13(19)9(14(20)23-5-2)10-8(16)6-7(11(15)17-10)12(18)21-3;1-5(2,3(6)7)4(8)9/h6,9H,4-5H2,1-3H3;1-2H3,(H,6,7)(H,8,9). The van der Waals surface area contributed by atoms with E-state index in [0.29, 0.717) is 0 Å². The molecule has 0 aliphatic rings. The number of rotatable bonds is 8. The number of nitrogens with zero attached hydrogens (tertiary/aromatic N) is 1. The molecule has 0 atom stereocenters. The highest BCUT2D eigenvalue weighted by molar-refractivity contribution is 6.32. The fourth-order valence-corrected chi connectivity index (χ4v) is 2.02. The summed E-state index contributed by atoms with van der Waals surface area (Å²) in [5.74, 6) is -8.43. The molecule has 32 heavy (non-hydrogen) atoms. The lowest BCUT2D eigenvalue weighted by Crippen LogP contribution is -2.32. The monoisotopic (exact) mass is 479 g/mol. The van der Waals surface area contributed by atoms with E-state index in [0.717, 1.165) is 27.0 Å². The maximum absolute atomic E-state index is 14.2. The SMILES string of the molecule is CC(C)(C(=O)O)C(=O)O.CCOC(=O)C(C(=O)OCC)c1nc(Cl)c(C(=O)OC)cc1F. The van der Waals surface area contributed by atoms with E-state index < -0.39 is 57.8 Å². The van der Waals surface area contributed by atoms with Crippen LogP contribution in [0.2, 0.25) is 5.15 Å². The zero-order valence-corrected chi connectivity index (χ0v) is 18.7. The largest absolute Gasteiger partial charge is 0.480 e. The number of aliphatic carboxylic acids is 2. The van der Waals surface area contributed by atoms with E-state index in [1.54, 1.807) is 0 Å². The van der Waals surface area contributed by atoms with E-state index in [-0.39, 0.29) is 18.8 Å². The number of hydrogen-bond acceptors (Lipinski definition) is 9. The second-order valence-corrected chi connectivity index (χ2v) is 6.72. The maximum Gasteiger partial charge on any atom is 0.341 e. The highest BCUT2D eigenvalue weighted by atomic mass is 35.5. The minimum atomic E-state index is -1.74. The molecule has 0 amide bonds. The van der Waals surface area contributed by atoms with E-state index in [9.17, 15) is 28.4 Å². The smallest absolute Gasteiger partial charge is 0.341 e. The number of carbonyl (C=O) groups is 5. The van der Waals surface area contributed by atoms with Crippen molar-refractivity contribution < 1.29 is 52.8 Å². The van der Waals surface area contributed by atoms with E-state index in [4.69, 9.17) is 31.3 Å². The second-order valence-electron chi connectivity index (χ2n) is 6.36. The zero-order valence-electron chi connectivity index (χ0n) is 17.9. The van der Waals surface area contributed by atoms with Crippen LogP contribution in [0.3, 0.4) is 0 Å². The molecule has 13 heteroatoms. The summed E-state index contributed by atoms with van der Waals surface area (Å²) in [6, 6.07) is 0.738. The first-order chi connectivity index (χ1) is 14.8. The fraction of sp³-hybridized carbons (Fsp3) is 0.474. The first-order valence-corrected chi connectivity index (χ1v) is 9.38. The molecule has 0 saturated carbocycles. The lowest BCUT2D eigenvalue weighted by molar-refractivity contribution is -0.162. The summed E-state index contributed by atoms with van der Waals surface area (Å²) in [7, 11) is 1.09. The number of halogens is 2. The summed E-state index contributed by atoms with van der Waals surface area (Å²) in [4.78, 5) is 59.1. The molecule has 1 heterocycles. The van der Waals surface area contributed by atoms with Crippen molar-refractivity contribution >= 4 is 41.4 Å². The van der Waals surface area contributed by atoms with Crippen molar-refractivity contribution in [3.63, 3.8) is 0 Å². The molecular formula is C19H23ClFNO10. The van der Waals surface area contributed by atoms with Crippen LogP contribution in [0.25, 0.3) is 0 Å². The van der Waals surface area contributed by atoms with Gasteiger partial charge in [0.05, 0.1) is 25.9 Å². The van der Waals surface area contributed by atoms with Gasteiger partial charge in [0, 0.05) is 0 Å². The Morgan fingerprint density at radius 1 is 1.06 bits per heavy atom. The Balaban J connectivity index is 0.000000900. The van der Waals surface area contributed by atoms with E-state index in [2.05, 4.69) is 9.72 Å². The van der Waals surface area contributed by atoms with Crippen LogP contribution in [0.5, 0.6) is 0 Å². The van der Waals surface area contributed by atoms with Crippen LogP contribution in [0.1, 0.15) is 49.7 Å². The van der Waals surface area contributed by atoms with Crippen molar-refractivity contribution in [1.29, 1.82) is 0 Å². The molecule has 0 aliphatic heterocycles. The number of methoxy groups -OCH3 is 1. The molecule has 0 spiro atoms. The van der Waals surface area contributed by atoms with Crippen LogP contribution < -0.4 is 0 Å². The summed E-state index contributed by atoms with van der Waals surface area (Å²) in [5, 5.41) is 16.1. The van der Waals surface area contributed by atoms with Crippen LogP contribution in [0.15, 0.2) is 6.07 Å². The van der Waals surface area contributed by atoms with Gasteiger partial charge in [0.15, 0.2) is 11.3 Å². The number of carboxylic acids is 2. The van der Waals surface area contributed by atoms with Gasteiger partial charge in [-0.1, -0.05) is 11.6 Å². The molecule has 0 aromatic carbocycles. The highest BCUT2D eigenvalue weighted by Crippen LogP contribution is 2.25. The van der Waals surface area contributed by atoms with E-state index in [1.807, 2.05) is 0 Å². The number of pyridine rings is 1. The van der Waals surface area contributed by atoms with Crippen LogP contribution in [0.4, 0.5) is 4.39 Å². The Morgan fingerprint density at radius 3 is 1.81 bits per heavy atom. The summed E-state index contributed by atoms with van der Waals surface area (Å²) in [6.45, 7) is 5.28. The fourth-order valence-electron chi connectivity index (χ4n) is 1.80. The lowest BCUT2D eigenvalue weighted by atomic mass is 9.95. The van der Waals surface area contributed by atoms with Crippen molar-refractivity contribution in [2.45, 2.75) is 33.6 Å². The molecule has 178 valence electrons. The molecule has 1 aromatic rings. The van der Waals surface area contributed by atoms with Crippen molar-refractivity contribution in [3.05, 3.63) is 28.3 Å². The van der Waals surface area contributed by atoms with Crippen molar-refractivity contribution in [1.82, 2.24) is 4.98 Å². The lowest BCUT2D eigenvalue weighted by Gasteiger charge is -2.15. The Bertz CT molecular complexity index is 853. The number of carboxylic acid groups (broad SMARTS) is 2. The van der Waals surface area contributed by atoms with Crippen molar-refractivity contribution in [2.24, 2.45) is 5.41 Å². The molecule has 0 unspecified atom stereocenters. The number of ether oxygens (including phenoxy) is 3. The zero-order chi connectivity index (χ0) is 25.2. The molecule has 11 nitrogen and oxygen atoms in total. The van der Waals surface area contributed by atoms with Crippen molar-refractivity contribution in [2.75, 3.05) is 20.3 Å². The minimum Gasteiger partial charge on any atom is -0.480 e. The van der Waals surface area contributed by atoms with Crippen LogP contribution in [-0.4, -0.2) is 65.4 Å². The molecule has 0 radical (unpaired) electrons. The second kappa shape index (κ2) is 12.5. The third-order valence-electron chi connectivity index (χ3n) is 3.75. The quantitative estimate of drug-likeness (QED) is 0.242. The van der Waals surface area contributed by atoms with Gasteiger partial charge in [-0.15, -0.1) is 0 Å². The van der Waals surface area contributed by atoms with E-state index in [1.165, 1.54) is 13.8 Å². The Hall–Kier alpha value is -3.28. The molecule has 0 bridgehead atoms. The normalized spacial score (nSPS) is 10.5. The summed E-state index contributed by atoms with van der Waals surface area (Å²) in [6.07, 6.45) is 0. The highest BCUT2D eigenvalue weighted by Gasteiger charge is 2.37. The molecular weight excluding hydrogens is 457 g/mol. The topological polar surface area (TPSA) is 166 Å². The number of aromatic nitrogens is 1. The maximum atomic E-state index is 14.2. The van der Waals surface area contributed by atoms with Gasteiger partial charge in [0.25, 0.3) is 0 Å². The third-order valence-corrected chi connectivity index (χ3v) is 4.04. The molecule has 0 fully saturated rings. The molecule has 1 aromatic heterocycles. The van der Waals surface area contributed by atoms with Gasteiger partial charge in [-0.3, -0.25) is 19.2 Å². The average molecular weight is 480 g/mol. The van der Waals surface area contributed by atoms with E-state index >= 15 is 0 Å². The Morgan fingerprint density at radius 2 is 1.50 bits per heavy atom. The van der Waals surface area contributed by atoms with Crippen LogP contribution >= 0.6 is 11.6 Å². The first kappa shape index (κ1) is 28.7. The Kier molecular flexibility index (Phi) is 11.3. The minimum absolute atomic E-state index is 0.0235. The van der Waals surface area contributed by atoms with Gasteiger partial charge >= 0.3 is 29.8 Å². The third kappa shape index (κ3) is 7.45. The number of carbonyl (C=O) groups excluding carboxylic acids is 3.